The highest BCUT2D eigenvalue weighted by Crippen LogP contribution is 2.27. The minimum atomic E-state index is -1.10. The summed E-state index contributed by atoms with van der Waals surface area (Å²) in [4.78, 5) is 12.4. The molecule has 0 saturated carbocycles. The third-order valence-corrected chi connectivity index (χ3v) is 4.06. The number of furan rings is 1. The van der Waals surface area contributed by atoms with Gasteiger partial charge in [-0.25, -0.2) is 4.39 Å². The number of nitrogens with one attached hydrogen (secondary N) is 1. The number of rotatable bonds is 3. The standard InChI is InChI=1S/C16H20FNO3/c1-9-11-8-10(17)6-7-12(11)21-13(9)14(19)18-15(2,3)16(4,5)20/h6-8,20H,1-5H3,(H,18,19). The minimum Gasteiger partial charge on any atom is -0.451 e. The normalized spacial score (nSPS) is 12.7. The molecule has 0 saturated heterocycles. The highest BCUT2D eigenvalue weighted by atomic mass is 19.1. The molecular formula is C16H20FNO3. The molecule has 2 aromatic rings. The quantitative estimate of drug-likeness (QED) is 0.913. The first-order valence-corrected chi connectivity index (χ1v) is 6.76. The number of aryl methyl sites for hydroxylation is 1. The van der Waals surface area contributed by atoms with Crippen LogP contribution in [0.1, 0.15) is 43.8 Å². The van der Waals surface area contributed by atoms with Crippen molar-refractivity contribution in [3.63, 3.8) is 0 Å². The van der Waals surface area contributed by atoms with E-state index in [1.54, 1.807) is 34.6 Å². The van der Waals surface area contributed by atoms with Crippen LogP contribution >= 0.6 is 0 Å². The molecule has 1 heterocycles. The Morgan fingerprint density at radius 2 is 1.90 bits per heavy atom. The first kappa shape index (κ1) is 15.5. The van der Waals surface area contributed by atoms with E-state index in [1.807, 2.05) is 0 Å². The molecule has 0 aliphatic heterocycles. The number of aliphatic hydroxyl groups is 1. The lowest BCUT2D eigenvalue weighted by atomic mass is 9.86. The zero-order chi connectivity index (χ0) is 16.0. The molecule has 0 unspecified atom stereocenters. The van der Waals surface area contributed by atoms with E-state index < -0.39 is 17.0 Å². The zero-order valence-electron chi connectivity index (χ0n) is 12.9. The van der Waals surface area contributed by atoms with Gasteiger partial charge in [0, 0.05) is 10.9 Å². The van der Waals surface area contributed by atoms with Crippen molar-refractivity contribution in [1.29, 1.82) is 0 Å². The van der Waals surface area contributed by atoms with Crippen molar-refractivity contribution >= 4 is 16.9 Å². The van der Waals surface area contributed by atoms with Crippen molar-refractivity contribution in [2.45, 2.75) is 45.8 Å². The van der Waals surface area contributed by atoms with E-state index >= 15 is 0 Å². The van der Waals surface area contributed by atoms with E-state index in [0.717, 1.165) is 0 Å². The fourth-order valence-corrected chi connectivity index (χ4v) is 1.90. The summed E-state index contributed by atoms with van der Waals surface area (Å²) in [6, 6.07) is 4.12. The van der Waals surface area contributed by atoms with Gasteiger partial charge in [0.1, 0.15) is 11.4 Å². The minimum absolute atomic E-state index is 0.132. The van der Waals surface area contributed by atoms with Crippen LogP contribution in [0.2, 0.25) is 0 Å². The van der Waals surface area contributed by atoms with Crippen molar-refractivity contribution in [3.05, 3.63) is 35.3 Å². The Balaban J connectivity index is 2.39. The first-order chi connectivity index (χ1) is 9.53. The summed E-state index contributed by atoms with van der Waals surface area (Å²) in [5, 5.41) is 13.4. The van der Waals surface area contributed by atoms with Crippen LogP contribution in [0.25, 0.3) is 11.0 Å². The maximum absolute atomic E-state index is 13.3. The zero-order valence-corrected chi connectivity index (χ0v) is 12.9. The number of fused-ring (bicyclic) bond motifs is 1. The monoisotopic (exact) mass is 293 g/mol. The molecule has 2 N–H and O–H groups in total. The lowest BCUT2D eigenvalue weighted by Gasteiger charge is -2.37. The Bertz CT molecular complexity index is 695. The van der Waals surface area contributed by atoms with Gasteiger partial charge >= 0.3 is 0 Å². The van der Waals surface area contributed by atoms with Crippen LogP contribution in [0.15, 0.2) is 22.6 Å². The average Bonchev–Trinajstić information content (AvgIpc) is 2.65. The smallest absolute Gasteiger partial charge is 0.287 e. The molecule has 1 amide bonds. The van der Waals surface area contributed by atoms with Gasteiger partial charge in [-0.1, -0.05) is 0 Å². The Morgan fingerprint density at radius 3 is 2.48 bits per heavy atom. The van der Waals surface area contributed by atoms with E-state index in [4.69, 9.17) is 4.42 Å². The molecule has 4 nitrogen and oxygen atoms in total. The van der Waals surface area contributed by atoms with Gasteiger partial charge in [0.25, 0.3) is 5.91 Å². The van der Waals surface area contributed by atoms with Crippen LogP contribution in [0.3, 0.4) is 0 Å². The fourth-order valence-electron chi connectivity index (χ4n) is 1.90. The van der Waals surface area contributed by atoms with E-state index in [-0.39, 0.29) is 11.6 Å². The van der Waals surface area contributed by atoms with Crippen LogP contribution < -0.4 is 5.32 Å². The van der Waals surface area contributed by atoms with Crippen molar-refractivity contribution in [3.8, 4) is 0 Å². The number of halogens is 1. The molecule has 0 atom stereocenters. The lowest BCUT2D eigenvalue weighted by Crippen LogP contribution is -2.57. The van der Waals surface area contributed by atoms with Gasteiger partial charge in [-0.3, -0.25) is 4.79 Å². The van der Waals surface area contributed by atoms with Crippen molar-refractivity contribution in [1.82, 2.24) is 5.32 Å². The molecule has 0 spiro atoms. The molecule has 2 rings (SSSR count). The molecule has 5 heteroatoms. The van der Waals surface area contributed by atoms with E-state index in [2.05, 4.69) is 5.32 Å². The second kappa shape index (κ2) is 4.84. The van der Waals surface area contributed by atoms with Gasteiger partial charge in [0.15, 0.2) is 5.76 Å². The fraction of sp³-hybridized carbons (Fsp3) is 0.438. The van der Waals surface area contributed by atoms with E-state index in [9.17, 15) is 14.3 Å². The number of benzene rings is 1. The third-order valence-electron chi connectivity index (χ3n) is 4.06. The predicted molar refractivity (Wildman–Crippen MR) is 78.8 cm³/mol. The van der Waals surface area contributed by atoms with Gasteiger partial charge in [0.2, 0.25) is 0 Å². The number of carbonyl (C=O) groups excluding carboxylic acids is 1. The Hall–Kier alpha value is -1.88. The molecule has 0 bridgehead atoms. The summed E-state index contributed by atoms with van der Waals surface area (Å²) in [6.07, 6.45) is 0. The largest absolute Gasteiger partial charge is 0.451 e. The number of carbonyl (C=O) groups is 1. The molecule has 1 aromatic heterocycles. The van der Waals surface area contributed by atoms with Gasteiger partial charge in [-0.2, -0.15) is 0 Å². The van der Waals surface area contributed by atoms with Gasteiger partial charge < -0.3 is 14.8 Å². The summed E-state index contributed by atoms with van der Waals surface area (Å²) in [6.45, 7) is 8.39. The van der Waals surface area contributed by atoms with Crippen LogP contribution in [0.4, 0.5) is 4.39 Å². The summed E-state index contributed by atoms with van der Waals surface area (Å²) < 4.78 is 18.8. The molecular weight excluding hydrogens is 273 g/mol. The van der Waals surface area contributed by atoms with Gasteiger partial charge in [-0.15, -0.1) is 0 Å². The maximum Gasteiger partial charge on any atom is 0.287 e. The highest BCUT2D eigenvalue weighted by Gasteiger charge is 2.37. The number of amides is 1. The molecule has 0 fully saturated rings. The van der Waals surface area contributed by atoms with Gasteiger partial charge in [-0.05, 0) is 52.8 Å². The van der Waals surface area contributed by atoms with Gasteiger partial charge in [0.05, 0.1) is 11.1 Å². The topological polar surface area (TPSA) is 62.5 Å². The highest BCUT2D eigenvalue weighted by molar-refractivity contribution is 5.99. The second-order valence-corrected chi connectivity index (χ2v) is 6.33. The summed E-state index contributed by atoms with van der Waals surface area (Å²) in [5.41, 5.74) is -0.913. The van der Waals surface area contributed by atoms with Crippen LogP contribution in [0, 0.1) is 12.7 Å². The molecule has 0 radical (unpaired) electrons. The Kier molecular flexibility index (Phi) is 3.58. The SMILES string of the molecule is Cc1c(C(=O)NC(C)(C)C(C)(C)O)oc2ccc(F)cc12. The average molecular weight is 293 g/mol. The maximum atomic E-state index is 13.3. The predicted octanol–water partition coefficient (Wildman–Crippen LogP) is 3.16. The van der Waals surface area contributed by atoms with E-state index in [1.165, 1.54) is 18.2 Å². The summed E-state index contributed by atoms with van der Waals surface area (Å²) in [5.74, 6) is -0.681. The third kappa shape index (κ3) is 2.78. The lowest BCUT2D eigenvalue weighted by molar-refractivity contribution is -0.00339. The molecule has 0 aliphatic rings. The van der Waals surface area contributed by atoms with Crippen molar-refractivity contribution < 1.29 is 18.7 Å². The Morgan fingerprint density at radius 1 is 1.29 bits per heavy atom. The molecule has 1 aromatic carbocycles. The molecule has 21 heavy (non-hydrogen) atoms. The van der Waals surface area contributed by atoms with Crippen molar-refractivity contribution in [2.24, 2.45) is 0 Å². The first-order valence-electron chi connectivity index (χ1n) is 6.76. The van der Waals surface area contributed by atoms with Crippen LogP contribution in [-0.4, -0.2) is 22.2 Å². The van der Waals surface area contributed by atoms with E-state index in [0.29, 0.717) is 16.5 Å². The van der Waals surface area contributed by atoms with Crippen LogP contribution in [0.5, 0.6) is 0 Å². The Labute approximate surface area is 122 Å². The number of hydrogen-bond donors (Lipinski definition) is 2. The second-order valence-electron chi connectivity index (χ2n) is 6.33. The molecule has 0 aliphatic carbocycles. The van der Waals surface area contributed by atoms with Crippen LogP contribution in [-0.2, 0) is 0 Å². The summed E-state index contributed by atoms with van der Waals surface area (Å²) >= 11 is 0. The van der Waals surface area contributed by atoms with Crippen molar-refractivity contribution in [2.75, 3.05) is 0 Å². The summed E-state index contributed by atoms with van der Waals surface area (Å²) in [7, 11) is 0. The number of hydrogen-bond acceptors (Lipinski definition) is 3. The molecule has 114 valence electrons.